The number of amides is 2. The van der Waals surface area contributed by atoms with Crippen LogP contribution in [0.4, 0.5) is 18.9 Å². The number of carbonyl (C=O) groups excluding carboxylic acids is 5. The first-order chi connectivity index (χ1) is 42.2. The van der Waals surface area contributed by atoms with Gasteiger partial charge in [0.25, 0.3) is 5.91 Å². The van der Waals surface area contributed by atoms with Gasteiger partial charge in [0.1, 0.15) is 0 Å². The van der Waals surface area contributed by atoms with E-state index in [0.717, 1.165) is 41.4 Å². The van der Waals surface area contributed by atoms with Gasteiger partial charge >= 0.3 is 197 Å². The Morgan fingerprint density at radius 1 is 0.678 bits per heavy atom. The minimum Gasteiger partial charge on any atom is -0.208 e. The Morgan fingerprint density at radius 2 is 1.28 bits per heavy atom. The van der Waals surface area contributed by atoms with Gasteiger partial charge in [-0.05, 0) is 74.7 Å². The van der Waals surface area contributed by atoms with Crippen molar-refractivity contribution in [1.29, 1.82) is 0 Å². The summed E-state index contributed by atoms with van der Waals surface area (Å²) < 4.78 is 92.6. The summed E-state index contributed by atoms with van der Waals surface area (Å²) in [4.78, 5) is 84.7. The number of aromatic nitrogens is 2. The number of fused-ring (bicyclic) bond motifs is 7. The molecule has 7 rings (SSSR count). The van der Waals surface area contributed by atoms with Gasteiger partial charge in [-0.3, -0.25) is 4.79 Å². The minimum atomic E-state index is -4.84. The second-order valence-electron chi connectivity index (χ2n) is 21.1. The average Bonchev–Trinajstić information content (AvgIpc) is 1.38. The molecule has 4 fully saturated rings. The smallest absolute Gasteiger partial charge is 0.208 e. The van der Waals surface area contributed by atoms with Gasteiger partial charge in [0.15, 0.2) is 5.69 Å². The fraction of sp³-hybridized carbons (Fsp3) is 0.638. The molecule has 3 atom stereocenters. The molecule has 2 aromatic heterocycles. The van der Waals surface area contributed by atoms with E-state index in [1.807, 2.05) is 51.6 Å². The molecular formula is C58H85F3InN11O14. The van der Waals surface area contributed by atoms with E-state index in [0.29, 0.717) is 157 Å². The molecule has 6 heterocycles. The van der Waals surface area contributed by atoms with Gasteiger partial charge in [-0.1, -0.05) is 13.0 Å². The predicted octanol–water partition coefficient (Wildman–Crippen LogP) is 1.82. The van der Waals surface area contributed by atoms with Crippen LogP contribution in [0, 0.1) is 0 Å². The Morgan fingerprint density at radius 3 is 1.89 bits per heavy atom. The molecule has 0 spiro atoms. The zero-order valence-electron chi connectivity index (χ0n) is 50.3. The largest absolute Gasteiger partial charge is 0.434 e. The summed E-state index contributed by atoms with van der Waals surface area (Å²) in [5.41, 5.74) is 2.02. The van der Waals surface area contributed by atoms with E-state index in [4.69, 9.17) is 37.0 Å². The van der Waals surface area contributed by atoms with Crippen LogP contribution in [0.25, 0.3) is 11.1 Å². The molecule has 29 heteroatoms. The van der Waals surface area contributed by atoms with Gasteiger partial charge in [-0.25, -0.2) is 9.97 Å². The molecule has 0 saturated carbocycles. The van der Waals surface area contributed by atoms with E-state index in [9.17, 15) is 37.1 Å². The monoisotopic (exact) mass is 1330 g/mol. The number of piperazine rings is 1. The van der Waals surface area contributed by atoms with Crippen LogP contribution in [-0.2, 0) is 59.4 Å². The molecule has 4 bridgehead atoms. The van der Waals surface area contributed by atoms with Gasteiger partial charge in [0, 0.05) is 75.4 Å². The number of alkyl halides is 3. The number of ether oxygens (including phenoxy) is 6. The summed E-state index contributed by atoms with van der Waals surface area (Å²) in [6.07, 6.45) is -1.69. The van der Waals surface area contributed by atoms with Crippen molar-refractivity contribution < 1.29 is 74.1 Å². The van der Waals surface area contributed by atoms with Crippen LogP contribution in [0.1, 0.15) is 55.2 Å². The number of halogens is 3. The van der Waals surface area contributed by atoms with E-state index in [1.54, 1.807) is 13.1 Å². The van der Waals surface area contributed by atoms with E-state index in [2.05, 4.69) is 43.0 Å². The molecule has 2 amide bonds. The number of nitrogens with one attached hydrogen (secondary N) is 3. The molecule has 4 aliphatic heterocycles. The molecule has 480 valence electrons. The van der Waals surface area contributed by atoms with Crippen molar-refractivity contribution in [2.45, 2.75) is 52.4 Å². The van der Waals surface area contributed by atoms with Crippen molar-refractivity contribution in [3.8, 4) is 22.9 Å². The quantitative estimate of drug-likeness (QED) is 0.0778. The molecule has 4 saturated heterocycles. The Hall–Kier alpha value is -5.47. The van der Waals surface area contributed by atoms with Crippen LogP contribution in [0.2, 0.25) is 0 Å². The van der Waals surface area contributed by atoms with Gasteiger partial charge in [0.2, 0.25) is 11.8 Å². The first kappa shape index (κ1) is 69.0. The molecule has 3 N–H and O–H groups in total. The fourth-order valence-electron chi connectivity index (χ4n) is 10.3. The Labute approximate surface area is 516 Å². The Bertz CT molecular complexity index is 2620. The molecule has 4 aliphatic rings. The zero-order chi connectivity index (χ0) is 61.8. The van der Waals surface area contributed by atoms with Crippen LogP contribution in [0.15, 0.2) is 48.7 Å². The molecular weight excluding hydrogens is 1250 g/mol. The number of benzene rings is 1. The van der Waals surface area contributed by atoms with E-state index < -0.39 is 64.0 Å². The van der Waals surface area contributed by atoms with Crippen molar-refractivity contribution in [2.75, 3.05) is 195 Å². The first-order valence-electron chi connectivity index (χ1n) is 30.2. The summed E-state index contributed by atoms with van der Waals surface area (Å²) in [5, 5.41) is 9.95. The number of hydrogen-bond acceptors (Lipinski definition) is 23. The maximum absolute atomic E-state index is 14.2. The molecule has 0 aliphatic carbocycles. The Balaban J connectivity index is 0.736. The minimum absolute atomic E-state index is 0.0128. The molecule has 1 aromatic carbocycles. The van der Waals surface area contributed by atoms with Crippen LogP contribution in [-0.4, -0.2) is 283 Å². The van der Waals surface area contributed by atoms with E-state index in [-0.39, 0.29) is 63.7 Å². The number of pyridine rings is 2. The van der Waals surface area contributed by atoms with E-state index in [1.165, 1.54) is 11.0 Å². The third-order valence-corrected chi connectivity index (χ3v) is 18.7. The summed E-state index contributed by atoms with van der Waals surface area (Å²) in [5.74, 6) is -2.32. The van der Waals surface area contributed by atoms with Crippen LogP contribution in [0.5, 0.6) is 11.8 Å². The summed E-state index contributed by atoms with van der Waals surface area (Å²) in [6.45, 7) is 17.3. The van der Waals surface area contributed by atoms with Crippen molar-refractivity contribution in [2.24, 2.45) is 0 Å². The van der Waals surface area contributed by atoms with Crippen molar-refractivity contribution in [3.05, 3.63) is 65.5 Å². The summed E-state index contributed by atoms with van der Waals surface area (Å²) >= 11 is -4.21. The van der Waals surface area contributed by atoms with Crippen molar-refractivity contribution in [1.82, 2.24) is 50.4 Å². The summed E-state index contributed by atoms with van der Waals surface area (Å²) in [6, 6.07) is 12.3. The molecule has 3 aromatic rings. The van der Waals surface area contributed by atoms with Gasteiger partial charge in [-0.15, -0.1) is 0 Å². The maximum atomic E-state index is 14.2. The predicted molar refractivity (Wildman–Crippen MR) is 314 cm³/mol. The normalized spacial score (nSPS) is 19.9. The fourth-order valence-corrected chi connectivity index (χ4v) is 13.2. The third-order valence-electron chi connectivity index (χ3n) is 14.8. The van der Waals surface area contributed by atoms with Gasteiger partial charge < -0.3 is 48.9 Å². The zero-order valence-corrected chi connectivity index (χ0v) is 53.6. The van der Waals surface area contributed by atoms with Crippen LogP contribution >= 0.6 is 0 Å². The van der Waals surface area contributed by atoms with Crippen molar-refractivity contribution in [3.63, 3.8) is 0 Å². The second kappa shape index (κ2) is 36.9. The molecule has 0 radical (unpaired) electrons. The van der Waals surface area contributed by atoms with Crippen LogP contribution < -0.4 is 30.3 Å². The van der Waals surface area contributed by atoms with Crippen molar-refractivity contribution >= 4 is 58.2 Å². The number of rotatable bonds is 31. The third kappa shape index (κ3) is 23.1. The molecule has 25 nitrogen and oxygen atoms in total. The van der Waals surface area contributed by atoms with Crippen LogP contribution in [0.3, 0.4) is 0 Å². The molecule has 87 heavy (non-hydrogen) atoms. The SMILES string of the molecule is CCOc1ccc(C(=O)N2CCN(c3ccc(-c4cccnc4OCC)cc3CNCCNCCCOCCOCCOCCOCCNC(=O)CN3CCN4CCN5CCN(CC3)CC(=O)[O][In]([O]C(=O)C4)[O]C(=O)C5)[C@H](CC)C2)c(C(F)(F)F)n1. The average molecular weight is 1330 g/mol. The maximum Gasteiger partial charge on any atom is 0.434 e. The second-order valence-corrected chi connectivity index (χ2v) is 24.7. The number of hydrogen-bond donors (Lipinski definition) is 3. The number of carbonyl (C=O) groups is 5. The standard InChI is InChI=1S/C58H88F3N11O14.In/c1-4-46-39-71(57(80)48-11-13-51(85-5-2)66-55(48)58(59,60)61)27-28-72(46)49-12-10-44(47-9-7-15-65-56(47)86-6-3)37-45(49)38-63-17-16-62-14-8-29-81-31-33-83-35-36-84-34-32-82-30-18-64-50(73)40-67-19-21-68(41-52(74)75)23-25-70(43-54(78)79)26-24-69(22-20-67)42-53(76)77;/h7,9-13,15,37,46,62-63H,4-6,8,14,16-36,38-43H2,1-3H3,(H,64,73)(H,74,75)(H,76,77)(H,78,79);/q;+3/p-3/t46-;/m1./s1. The topological polar surface area (TPSA) is 250 Å². The summed E-state index contributed by atoms with van der Waals surface area (Å²) in [7, 11) is 0. The van der Waals surface area contributed by atoms with E-state index >= 15 is 0 Å². The number of anilines is 1. The van der Waals surface area contributed by atoms with Gasteiger partial charge in [-0.2, -0.15) is 13.2 Å². The molecule has 2 unspecified atom stereocenters. The first-order valence-corrected chi connectivity index (χ1v) is 34.2. The Kier molecular flexibility index (Phi) is 29.2. The number of nitrogens with zero attached hydrogens (tertiary/aromatic N) is 8. The van der Waals surface area contributed by atoms with Gasteiger partial charge in [0.05, 0.1) is 58.4 Å².